The number of halogens is 2. The molecule has 8 heteroatoms. The number of rotatable bonds is 6. The molecule has 0 bridgehead atoms. The first-order valence-corrected chi connectivity index (χ1v) is 7.61. The van der Waals surface area contributed by atoms with Gasteiger partial charge >= 0.3 is 12.6 Å². The Morgan fingerprint density at radius 3 is 2.50 bits per heavy atom. The number of hydrogen-bond acceptors (Lipinski definition) is 4. The Bertz CT molecular complexity index is 889. The number of aromatic amines is 1. The molecule has 0 radical (unpaired) electrons. The summed E-state index contributed by atoms with van der Waals surface area (Å²) >= 11 is 0. The van der Waals surface area contributed by atoms with Crippen molar-refractivity contribution in [2.24, 2.45) is 0 Å². The number of alkyl halides is 2. The fraction of sp³-hybridized carbons (Fsp3) is 0.111. The number of ether oxygens (including phenoxy) is 2. The minimum Gasteiger partial charge on any atom is -0.451 e. The molecule has 134 valence electrons. The van der Waals surface area contributed by atoms with Crippen molar-refractivity contribution in [1.82, 2.24) is 4.98 Å². The van der Waals surface area contributed by atoms with E-state index in [1.165, 1.54) is 24.3 Å². The first kappa shape index (κ1) is 17.4. The molecule has 2 aromatic carbocycles. The van der Waals surface area contributed by atoms with Gasteiger partial charge in [0.05, 0.1) is 0 Å². The van der Waals surface area contributed by atoms with Crippen molar-refractivity contribution >= 4 is 28.5 Å². The number of para-hydroxylation sites is 1. The summed E-state index contributed by atoms with van der Waals surface area (Å²) in [5.74, 6) is -1.24. The third kappa shape index (κ3) is 4.35. The molecule has 0 aliphatic carbocycles. The third-order valence-electron chi connectivity index (χ3n) is 3.45. The highest BCUT2D eigenvalue weighted by molar-refractivity contribution is 5.97. The normalized spacial score (nSPS) is 10.7. The van der Waals surface area contributed by atoms with Gasteiger partial charge in [0.2, 0.25) is 0 Å². The maximum atomic E-state index is 12.1. The molecule has 0 fully saturated rings. The minimum atomic E-state index is -2.92. The van der Waals surface area contributed by atoms with Crippen LogP contribution >= 0.6 is 0 Å². The van der Waals surface area contributed by atoms with Gasteiger partial charge < -0.3 is 19.8 Å². The van der Waals surface area contributed by atoms with Gasteiger partial charge in [-0.2, -0.15) is 8.78 Å². The zero-order valence-electron chi connectivity index (χ0n) is 13.4. The van der Waals surface area contributed by atoms with E-state index in [1.807, 2.05) is 24.3 Å². The van der Waals surface area contributed by atoms with Crippen molar-refractivity contribution in [3.05, 3.63) is 60.3 Å². The average molecular weight is 360 g/mol. The molecule has 1 aromatic heterocycles. The summed E-state index contributed by atoms with van der Waals surface area (Å²) in [5, 5.41) is 3.34. The number of fused-ring (bicyclic) bond motifs is 1. The van der Waals surface area contributed by atoms with E-state index in [0.29, 0.717) is 5.69 Å². The van der Waals surface area contributed by atoms with Gasteiger partial charge in [-0.1, -0.05) is 18.2 Å². The molecule has 0 aliphatic heterocycles. The van der Waals surface area contributed by atoms with Gasteiger partial charge in [0.25, 0.3) is 5.91 Å². The highest BCUT2D eigenvalue weighted by Crippen LogP contribution is 2.18. The van der Waals surface area contributed by atoms with E-state index in [1.54, 1.807) is 6.07 Å². The van der Waals surface area contributed by atoms with Crippen LogP contribution in [-0.4, -0.2) is 30.1 Å². The number of carbonyl (C=O) groups excluding carboxylic acids is 2. The predicted octanol–water partition coefficient (Wildman–Crippen LogP) is 3.56. The smallest absolute Gasteiger partial charge is 0.387 e. The van der Waals surface area contributed by atoms with E-state index in [9.17, 15) is 18.4 Å². The molecule has 26 heavy (non-hydrogen) atoms. The van der Waals surface area contributed by atoms with Crippen molar-refractivity contribution in [1.29, 1.82) is 0 Å². The quantitative estimate of drug-likeness (QED) is 0.659. The zero-order valence-corrected chi connectivity index (χ0v) is 13.4. The molecule has 1 heterocycles. The van der Waals surface area contributed by atoms with Gasteiger partial charge in [-0.25, -0.2) is 4.79 Å². The number of H-pyrrole nitrogens is 1. The van der Waals surface area contributed by atoms with E-state index in [2.05, 4.69) is 15.0 Å². The van der Waals surface area contributed by atoms with Gasteiger partial charge in [-0.15, -0.1) is 0 Å². The Balaban J connectivity index is 1.52. The van der Waals surface area contributed by atoms with Gasteiger partial charge in [0.1, 0.15) is 11.4 Å². The van der Waals surface area contributed by atoms with Crippen LogP contribution in [0.4, 0.5) is 14.5 Å². The number of nitrogens with one attached hydrogen (secondary N) is 2. The molecule has 0 unspecified atom stereocenters. The molecule has 6 nitrogen and oxygen atoms in total. The summed E-state index contributed by atoms with van der Waals surface area (Å²) < 4.78 is 33.3. The zero-order chi connectivity index (χ0) is 18.5. The lowest BCUT2D eigenvalue weighted by Gasteiger charge is -2.08. The van der Waals surface area contributed by atoms with Crippen LogP contribution < -0.4 is 10.1 Å². The van der Waals surface area contributed by atoms with Crippen molar-refractivity contribution in [2.45, 2.75) is 6.61 Å². The average Bonchev–Trinajstić information content (AvgIpc) is 3.05. The first-order valence-electron chi connectivity index (χ1n) is 7.61. The third-order valence-corrected chi connectivity index (χ3v) is 3.45. The largest absolute Gasteiger partial charge is 0.451 e. The number of carbonyl (C=O) groups is 2. The van der Waals surface area contributed by atoms with Crippen molar-refractivity contribution in [3.8, 4) is 5.75 Å². The van der Waals surface area contributed by atoms with E-state index >= 15 is 0 Å². The Kier molecular flexibility index (Phi) is 5.12. The molecule has 3 aromatic rings. The standard InChI is InChI=1S/C18H14F2N2O4/c19-18(20)26-13-7-5-12(6-8-13)21-16(23)10-25-17(24)15-9-11-3-1-2-4-14(11)22-15/h1-9,18,22H,10H2,(H,21,23). The van der Waals surface area contributed by atoms with Gasteiger partial charge in [-0.05, 0) is 36.4 Å². The topological polar surface area (TPSA) is 80.4 Å². The second-order valence-electron chi connectivity index (χ2n) is 5.30. The summed E-state index contributed by atoms with van der Waals surface area (Å²) in [6, 6.07) is 14.4. The van der Waals surface area contributed by atoms with Crippen LogP contribution in [0.15, 0.2) is 54.6 Å². The van der Waals surface area contributed by atoms with Crippen LogP contribution in [0.5, 0.6) is 5.75 Å². The SMILES string of the molecule is O=C(COC(=O)c1cc2ccccc2[nH]1)Nc1ccc(OC(F)F)cc1. The molecular weight excluding hydrogens is 346 g/mol. The second kappa shape index (κ2) is 7.64. The number of benzene rings is 2. The van der Waals surface area contributed by atoms with Gasteiger partial charge in [-0.3, -0.25) is 4.79 Å². The predicted molar refractivity (Wildman–Crippen MR) is 90.3 cm³/mol. The van der Waals surface area contributed by atoms with Crippen LogP contribution in [0, 0.1) is 0 Å². The van der Waals surface area contributed by atoms with E-state index in [0.717, 1.165) is 10.9 Å². The van der Waals surface area contributed by atoms with Gasteiger partial charge in [0, 0.05) is 16.6 Å². The lowest BCUT2D eigenvalue weighted by Crippen LogP contribution is -2.21. The van der Waals surface area contributed by atoms with Crippen LogP contribution in [0.2, 0.25) is 0 Å². The summed E-state index contributed by atoms with van der Waals surface area (Å²) in [5.41, 5.74) is 1.39. The molecule has 0 saturated heterocycles. The Morgan fingerprint density at radius 2 is 1.81 bits per heavy atom. The lowest BCUT2D eigenvalue weighted by molar-refractivity contribution is -0.119. The number of anilines is 1. The first-order chi connectivity index (χ1) is 12.5. The van der Waals surface area contributed by atoms with Gasteiger partial charge in [0.15, 0.2) is 6.61 Å². The van der Waals surface area contributed by atoms with Crippen LogP contribution in [0.3, 0.4) is 0 Å². The molecule has 2 N–H and O–H groups in total. The maximum absolute atomic E-state index is 12.1. The van der Waals surface area contributed by atoms with E-state index < -0.39 is 25.1 Å². The molecule has 0 spiro atoms. The molecule has 0 atom stereocenters. The molecule has 0 aliphatic rings. The molecule has 0 saturated carbocycles. The summed E-state index contributed by atoms with van der Waals surface area (Å²) in [7, 11) is 0. The van der Waals surface area contributed by atoms with E-state index in [-0.39, 0.29) is 11.4 Å². The number of amides is 1. The Labute approximate surface area is 146 Å². The van der Waals surface area contributed by atoms with Crippen molar-refractivity contribution < 1.29 is 27.8 Å². The highest BCUT2D eigenvalue weighted by Gasteiger charge is 2.13. The second-order valence-corrected chi connectivity index (χ2v) is 5.30. The van der Waals surface area contributed by atoms with Crippen molar-refractivity contribution in [2.75, 3.05) is 11.9 Å². The molecule has 1 amide bonds. The van der Waals surface area contributed by atoms with Crippen LogP contribution in [0.1, 0.15) is 10.5 Å². The lowest BCUT2D eigenvalue weighted by atomic mass is 10.2. The fourth-order valence-electron chi connectivity index (χ4n) is 2.31. The molecule has 3 rings (SSSR count). The maximum Gasteiger partial charge on any atom is 0.387 e. The summed E-state index contributed by atoms with van der Waals surface area (Å²) in [6.45, 7) is -3.40. The van der Waals surface area contributed by atoms with Crippen LogP contribution in [0.25, 0.3) is 10.9 Å². The van der Waals surface area contributed by atoms with E-state index in [4.69, 9.17) is 4.74 Å². The monoisotopic (exact) mass is 360 g/mol. The minimum absolute atomic E-state index is 0.0248. The number of hydrogen-bond donors (Lipinski definition) is 2. The fourth-order valence-corrected chi connectivity index (χ4v) is 2.31. The van der Waals surface area contributed by atoms with Crippen LogP contribution in [-0.2, 0) is 9.53 Å². The Morgan fingerprint density at radius 1 is 1.08 bits per heavy atom. The Hall–Kier alpha value is -3.42. The number of aromatic nitrogens is 1. The number of esters is 1. The summed E-state index contributed by atoms with van der Waals surface area (Å²) in [6.07, 6.45) is 0. The molecular formula is C18H14F2N2O4. The summed E-state index contributed by atoms with van der Waals surface area (Å²) in [4.78, 5) is 26.7. The highest BCUT2D eigenvalue weighted by atomic mass is 19.3. The van der Waals surface area contributed by atoms with Crippen molar-refractivity contribution in [3.63, 3.8) is 0 Å².